The van der Waals surface area contributed by atoms with Crippen molar-refractivity contribution >= 4 is 34.0 Å². The first-order chi connectivity index (χ1) is 13.2. The number of aromatic nitrogens is 2. The van der Waals surface area contributed by atoms with E-state index in [1.54, 1.807) is 20.5 Å². The summed E-state index contributed by atoms with van der Waals surface area (Å²) in [5, 5.41) is 5.21. The summed E-state index contributed by atoms with van der Waals surface area (Å²) in [5.41, 5.74) is 1.93. The lowest BCUT2D eigenvalue weighted by atomic mass is 10.2. The van der Waals surface area contributed by atoms with E-state index in [-0.39, 0.29) is 6.04 Å². The molecule has 3 aromatic rings. The highest BCUT2D eigenvalue weighted by Gasteiger charge is 2.24. The molecule has 2 aromatic carbocycles. The number of ether oxygens (including phenoxy) is 2. The van der Waals surface area contributed by atoms with E-state index in [0.29, 0.717) is 5.02 Å². The van der Waals surface area contributed by atoms with Gasteiger partial charge in [0.05, 0.1) is 19.7 Å². The molecule has 1 aromatic heterocycles. The maximum Gasteiger partial charge on any atom is 0.137 e. The van der Waals surface area contributed by atoms with Crippen molar-refractivity contribution in [3.05, 3.63) is 47.7 Å². The Kier molecular flexibility index (Phi) is 4.90. The van der Waals surface area contributed by atoms with Gasteiger partial charge in [0.1, 0.15) is 23.6 Å². The van der Waals surface area contributed by atoms with Crippen LogP contribution in [0.4, 0.5) is 11.5 Å². The molecule has 0 bridgehead atoms. The summed E-state index contributed by atoms with van der Waals surface area (Å²) in [6.07, 6.45) is 2.58. The number of benzene rings is 2. The quantitative estimate of drug-likeness (QED) is 0.717. The van der Waals surface area contributed by atoms with Crippen molar-refractivity contribution in [2.45, 2.75) is 12.5 Å². The topological polar surface area (TPSA) is 59.5 Å². The summed E-state index contributed by atoms with van der Waals surface area (Å²) >= 11 is 6.07. The maximum atomic E-state index is 6.07. The van der Waals surface area contributed by atoms with Gasteiger partial charge in [0.25, 0.3) is 0 Å². The minimum absolute atomic E-state index is 0.288. The van der Waals surface area contributed by atoms with Crippen LogP contribution in [0.15, 0.2) is 42.7 Å². The predicted octanol–water partition coefficient (Wildman–Crippen LogP) is 3.99. The van der Waals surface area contributed by atoms with Gasteiger partial charge >= 0.3 is 0 Å². The summed E-state index contributed by atoms with van der Waals surface area (Å²) in [7, 11) is 3.33. The first-order valence-electron chi connectivity index (χ1n) is 8.81. The van der Waals surface area contributed by atoms with Crippen LogP contribution >= 0.6 is 11.6 Å². The van der Waals surface area contributed by atoms with Crippen molar-refractivity contribution in [2.24, 2.45) is 0 Å². The molecule has 1 N–H and O–H groups in total. The van der Waals surface area contributed by atoms with E-state index < -0.39 is 0 Å². The van der Waals surface area contributed by atoms with Crippen molar-refractivity contribution in [3.63, 3.8) is 0 Å². The first-order valence-corrected chi connectivity index (χ1v) is 9.19. The first kappa shape index (κ1) is 17.7. The number of anilines is 2. The normalized spacial score (nSPS) is 16.6. The van der Waals surface area contributed by atoms with E-state index in [4.69, 9.17) is 21.1 Å². The van der Waals surface area contributed by atoms with Gasteiger partial charge in [-0.25, -0.2) is 9.97 Å². The molecule has 140 valence electrons. The Labute approximate surface area is 163 Å². The molecule has 0 radical (unpaired) electrons. The average Bonchev–Trinajstić information content (AvgIpc) is 3.16. The molecule has 27 heavy (non-hydrogen) atoms. The molecule has 1 fully saturated rings. The predicted molar refractivity (Wildman–Crippen MR) is 108 cm³/mol. The van der Waals surface area contributed by atoms with Gasteiger partial charge in [-0.1, -0.05) is 11.6 Å². The van der Waals surface area contributed by atoms with Gasteiger partial charge in [-0.15, -0.1) is 0 Å². The van der Waals surface area contributed by atoms with Gasteiger partial charge in [0.15, 0.2) is 0 Å². The molecule has 0 aliphatic carbocycles. The van der Waals surface area contributed by atoms with Gasteiger partial charge < -0.3 is 19.7 Å². The highest BCUT2D eigenvalue weighted by Crippen LogP contribution is 2.31. The number of halogens is 1. The molecule has 1 aliphatic rings. The minimum atomic E-state index is 0.288. The molecule has 1 saturated heterocycles. The van der Waals surface area contributed by atoms with Crippen molar-refractivity contribution in [1.29, 1.82) is 0 Å². The fourth-order valence-corrected chi connectivity index (χ4v) is 3.59. The van der Waals surface area contributed by atoms with E-state index in [9.17, 15) is 0 Å². The van der Waals surface area contributed by atoms with E-state index in [2.05, 4.69) is 20.2 Å². The third-order valence-electron chi connectivity index (χ3n) is 4.83. The van der Waals surface area contributed by atoms with Crippen LogP contribution in [-0.2, 0) is 0 Å². The standard InChI is InChI=1S/C20H21ClN4O2/c1-26-16-8-15(9-17(10-16)27-2)25-6-5-14(11-25)24-20-18-4-3-13(21)7-19(18)22-12-23-20/h3-4,7-10,12,14H,5-6,11H2,1-2H3,(H,22,23,24). The molecule has 2 heterocycles. The molecule has 6 nitrogen and oxygen atoms in total. The third-order valence-corrected chi connectivity index (χ3v) is 5.06. The van der Waals surface area contributed by atoms with Gasteiger partial charge in [0.2, 0.25) is 0 Å². The smallest absolute Gasteiger partial charge is 0.137 e. The fraction of sp³-hybridized carbons (Fsp3) is 0.300. The Bertz CT molecular complexity index is 944. The van der Waals surface area contributed by atoms with E-state index in [1.807, 2.05) is 36.4 Å². The lowest BCUT2D eigenvalue weighted by Crippen LogP contribution is -2.26. The molecule has 0 spiro atoms. The molecular formula is C20H21ClN4O2. The molecular weight excluding hydrogens is 364 g/mol. The van der Waals surface area contributed by atoms with Crippen LogP contribution in [0.2, 0.25) is 5.02 Å². The minimum Gasteiger partial charge on any atom is -0.497 e. The molecule has 0 saturated carbocycles. The summed E-state index contributed by atoms with van der Waals surface area (Å²) in [5.74, 6) is 2.42. The van der Waals surface area contributed by atoms with E-state index in [1.165, 1.54) is 0 Å². The maximum absolute atomic E-state index is 6.07. The van der Waals surface area contributed by atoms with Crippen molar-refractivity contribution < 1.29 is 9.47 Å². The van der Waals surface area contributed by atoms with Crippen LogP contribution < -0.4 is 19.7 Å². The van der Waals surface area contributed by atoms with Gasteiger partial charge in [0, 0.05) is 53.4 Å². The monoisotopic (exact) mass is 384 g/mol. The molecule has 1 unspecified atom stereocenters. The Morgan fingerprint density at radius 3 is 2.59 bits per heavy atom. The number of rotatable bonds is 5. The van der Waals surface area contributed by atoms with Gasteiger partial charge in [-0.05, 0) is 24.6 Å². The van der Waals surface area contributed by atoms with Crippen molar-refractivity contribution in [1.82, 2.24) is 9.97 Å². The lowest BCUT2D eigenvalue weighted by Gasteiger charge is -2.21. The van der Waals surface area contributed by atoms with Crippen LogP contribution in [0.25, 0.3) is 10.9 Å². The summed E-state index contributed by atoms with van der Waals surface area (Å²) in [4.78, 5) is 11.1. The molecule has 0 amide bonds. The van der Waals surface area contributed by atoms with Crippen LogP contribution in [-0.4, -0.2) is 43.3 Å². The molecule has 1 aliphatic heterocycles. The van der Waals surface area contributed by atoms with Gasteiger partial charge in [-0.3, -0.25) is 0 Å². The van der Waals surface area contributed by atoms with Crippen LogP contribution in [0.3, 0.4) is 0 Å². The zero-order valence-electron chi connectivity index (χ0n) is 15.3. The zero-order chi connectivity index (χ0) is 18.8. The lowest BCUT2D eigenvalue weighted by molar-refractivity contribution is 0.394. The van der Waals surface area contributed by atoms with Crippen molar-refractivity contribution in [2.75, 3.05) is 37.5 Å². The number of hydrogen-bond donors (Lipinski definition) is 1. The Balaban J connectivity index is 1.52. The number of hydrogen-bond acceptors (Lipinski definition) is 6. The van der Waals surface area contributed by atoms with Crippen molar-refractivity contribution in [3.8, 4) is 11.5 Å². The van der Waals surface area contributed by atoms with Crippen LogP contribution in [0, 0.1) is 0 Å². The van der Waals surface area contributed by atoms with Crippen LogP contribution in [0.1, 0.15) is 6.42 Å². The Morgan fingerprint density at radius 1 is 1.07 bits per heavy atom. The highest BCUT2D eigenvalue weighted by atomic mass is 35.5. The highest BCUT2D eigenvalue weighted by molar-refractivity contribution is 6.31. The zero-order valence-corrected chi connectivity index (χ0v) is 16.0. The second-order valence-corrected chi connectivity index (χ2v) is 6.97. The number of nitrogens with one attached hydrogen (secondary N) is 1. The Hall–Kier alpha value is -2.73. The third kappa shape index (κ3) is 3.71. The van der Waals surface area contributed by atoms with Crippen LogP contribution in [0.5, 0.6) is 11.5 Å². The molecule has 4 rings (SSSR count). The summed E-state index contributed by atoms with van der Waals surface area (Å²) in [6, 6.07) is 11.9. The van der Waals surface area contributed by atoms with Gasteiger partial charge in [-0.2, -0.15) is 0 Å². The second kappa shape index (κ2) is 7.48. The van der Waals surface area contributed by atoms with E-state index in [0.717, 1.165) is 53.4 Å². The second-order valence-electron chi connectivity index (χ2n) is 6.53. The SMILES string of the molecule is COc1cc(OC)cc(N2CCC(Nc3ncnc4cc(Cl)ccc34)C2)c1. The number of methoxy groups -OCH3 is 2. The summed E-state index contributed by atoms with van der Waals surface area (Å²) < 4.78 is 10.8. The average molecular weight is 385 g/mol. The molecule has 1 atom stereocenters. The fourth-order valence-electron chi connectivity index (χ4n) is 3.43. The largest absolute Gasteiger partial charge is 0.497 e. The number of fused-ring (bicyclic) bond motifs is 1. The Morgan fingerprint density at radius 2 is 1.85 bits per heavy atom. The number of nitrogens with zero attached hydrogens (tertiary/aromatic N) is 3. The van der Waals surface area contributed by atoms with E-state index >= 15 is 0 Å². The summed E-state index contributed by atoms with van der Waals surface area (Å²) in [6.45, 7) is 1.82. The molecule has 7 heteroatoms.